The Balaban J connectivity index is 2.52. The Morgan fingerprint density at radius 1 is 1.10 bits per heavy atom. The molecule has 0 heterocycles. The molecule has 20 heavy (non-hydrogen) atoms. The quantitative estimate of drug-likeness (QED) is 0.923. The molecule has 0 bridgehead atoms. The van der Waals surface area contributed by atoms with Crippen LogP contribution in [-0.4, -0.2) is 14.2 Å². The van der Waals surface area contributed by atoms with E-state index >= 15 is 0 Å². The van der Waals surface area contributed by atoms with E-state index in [-0.39, 0.29) is 0 Å². The van der Waals surface area contributed by atoms with Gasteiger partial charge in [-0.05, 0) is 36.9 Å². The monoisotopic (exact) mass is 297 g/mol. The first-order valence-corrected chi connectivity index (χ1v) is 6.39. The van der Waals surface area contributed by atoms with Gasteiger partial charge < -0.3 is 10.1 Å². The maximum Gasteiger partial charge on any atom is 0.126 e. The van der Waals surface area contributed by atoms with E-state index in [1.54, 1.807) is 25.2 Å². The van der Waals surface area contributed by atoms with Gasteiger partial charge in [0.15, 0.2) is 0 Å². The summed E-state index contributed by atoms with van der Waals surface area (Å²) in [5.74, 6) is -0.678. The van der Waals surface area contributed by atoms with Crippen molar-refractivity contribution in [2.45, 2.75) is 6.04 Å². The van der Waals surface area contributed by atoms with Gasteiger partial charge in [0.2, 0.25) is 0 Å². The van der Waals surface area contributed by atoms with Crippen molar-refractivity contribution in [1.82, 2.24) is 5.32 Å². The molecule has 2 nitrogen and oxygen atoms in total. The molecule has 2 rings (SSSR count). The lowest BCUT2D eigenvalue weighted by molar-refractivity contribution is 0.405. The van der Waals surface area contributed by atoms with E-state index in [2.05, 4.69) is 5.32 Å². The minimum absolute atomic E-state index is 0.396. The van der Waals surface area contributed by atoms with Crippen molar-refractivity contribution in [3.8, 4) is 5.75 Å². The van der Waals surface area contributed by atoms with Crippen molar-refractivity contribution in [3.63, 3.8) is 0 Å². The molecule has 0 spiro atoms. The fourth-order valence-electron chi connectivity index (χ4n) is 2.17. The Labute approximate surface area is 121 Å². The predicted octanol–water partition coefficient (Wildman–Crippen LogP) is 3.94. The molecule has 0 amide bonds. The van der Waals surface area contributed by atoms with Crippen molar-refractivity contribution >= 4 is 11.6 Å². The Morgan fingerprint density at radius 2 is 1.75 bits per heavy atom. The summed E-state index contributed by atoms with van der Waals surface area (Å²) in [6, 6.07) is 8.17. The summed E-state index contributed by atoms with van der Waals surface area (Å²) in [6.07, 6.45) is 0. The maximum atomic E-state index is 13.4. The van der Waals surface area contributed by atoms with E-state index in [1.165, 1.54) is 19.2 Å². The van der Waals surface area contributed by atoms with Gasteiger partial charge >= 0.3 is 0 Å². The van der Waals surface area contributed by atoms with Gasteiger partial charge in [-0.2, -0.15) is 0 Å². The van der Waals surface area contributed by atoms with Crippen molar-refractivity contribution < 1.29 is 13.5 Å². The summed E-state index contributed by atoms with van der Waals surface area (Å²) >= 11 is 5.92. The van der Waals surface area contributed by atoms with Crippen molar-refractivity contribution in [2.24, 2.45) is 0 Å². The minimum atomic E-state index is -0.617. The second kappa shape index (κ2) is 6.20. The molecule has 0 fully saturated rings. The van der Waals surface area contributed by atoms with Crippen LogP contribution in [0.15, 0.2) is 36.4 Å². The van der Waals surface area contributed by atoms with Crippen LogP contribution in [0.5, 0.6) is 5.75 Å². The first-order chi connectivity index (χ1) is 9.55. The third kappa shape index (κ3) is 3.08. The SMILES string of the molecule is CNC(c1cc(F)cc(F)c1)c1ccc(Cl)cc1OC. The molecule has 0 aliphatic heterocycles. The molecule has 1 unspecified atom stereocenters. The van der Waals surface area contributed by atoms with Crippen LogP contribution in [0.4, 0.5) is 8.78 Å². The molecule has 2 aromatic rings. The van der Waals surface area contributed by atoms with Gasteiger partial charge in [-0.15, -0.1) is 0 Å². The Morgan fingerprint density at radius 3 is 2.30 bits per heavy atom. The summed E-state index contributed by atoms with van der Waals surface area (Å²) in [5.41, 5.74) is 1.23. The molecular weight excluding hydrogens is 284 g/mol. The van der Waals surface area contributed by atoms with Gasteiger partial charge in [-0.1, -0.05) is 17.7 Å². The highest BCUT2D eigenvalue weighted by Gasteiger charge is 2.18. The summed E-state index contributed by atoms with van der Waals surface area (Å²) < 4.78 is 32.0. The van der Waals surface area contributed by atoms with E-state index in [0.29, 0.717) is 16.3 Å². The summed E-state index contributed by atoms with van der Waals surface area (Å²) in [4.78, 5) is 0. The Bertz CT molecular complexity index is 599. The van der Waals surface area contributed by atoms with E-state index in [9.17, 15) is 8.78 Å². The molecule has 1 atom stereocenters. The van der Waals surface area contributed by atoms with E-state index in [0.717, 1.165) is 11.6 Å². The highest BCUT2D eigenvalue weighted by atomic mass is 35.5. The molecule has 0 aromatic heterocycles. The molecule has 0 saturated heterocycles. The van der Waals surface area contributed by atoms with Gasteiger partial charge in [-0.3, -0.25) is 0 Å². The number of rotatable bonds is 4. The molecule has 0 saturated carbocycles. The topological polar surface area (TPSA) is 21.3 Å². The number of hydrogen-bond donors (Lipinski definition) is 1. The molecule has 5 heteroatoms. The van der Waals surface area contributed by atoms with Crippen molar-refractivity contribution in [2.75, 3.05) is 14.2 Å². The van der Waals surface area contributed by atoms with Crippen LogP contribution in [0.25, 0.3) is 0 Å². The van der Waals surface area contributed by atoms with Gasteiger partial charge in [-0.25, -0.2) is 8.78 Å². The lowest BCUT2D eigenvalue weighted by Gasteiger charge is -2.20. The van der Waals surface area contributed by atoms with Gasteiger partial charge in [0, 0.05) is 16.7 Å². The fraction of sp³-hybridized carbons (Fsp3) is 0.200. The first kappa shape index (κ1) is 14.8. The van der Waals surface area contributed by atoms with Crippen LogP contribution in [-0.2, 0) is 0 Å². The lowest BCUT2D eigenvalue weighted by atomic mass is 9.97. The third-order valence-corrected chi connectivity index (χ3v) is 3.25. The second-order valence-electron chi connectivity index (χ2n) is 4.31. The minimum Gasteiger partial charge on any atom is -0.496 e. The Hall–Kier alpha value is -1.65. The van der Waals surface area contributed by atoms with E-state index in [4.69, 9.17) is 16.3 Å². The van der Waals surface area contributed by atoms with Gasteiger partial charge in [0.1, 0.15) is 17.4 Å². The number of benzene rings is 2. The first-order valence-electron chi connectivity index (χ1n) is 6.02. The lowest BCUT2D eigenvalue weighted by Crippen LogP contribution is -2.18. The molecule has 2 aromatic carbocycles. The standard InChI is InChI=1S/C15H14ClF2NO/c1-19-15(9-5-11(17)8-12(18)6-9)13-4-3-10(16)7-14(13)20-2/h3-8,15,19H,1-2H3. The zero-order valence-corrected chi connectivity index (χ0v) is 11.8. The zero-order chi connectivity index (χ0) is 14.7. The number of methoxy groups -OCH3 is 1. The van der Waals surface area contributed by atoms with E-state index < -0.39 is 17.7 Å². The van der Waals surface area contributed by atoms with Crippen molar-refractivity contribution in [1.29, 1.82) is 0 Å². The summed E-state index contributed by atoms with van der Waals surface area (Å²) in [6.45, 7) is 0. The van der Waals surface area contributed by atoms with Crippen LogP contribution < -0.4 is 10.1 Å². The predicted molar refractivity (Wildman–Crippen MR) is 75.3 cm³/mol. The zero-order valence-electron chi connectivity index (χ0n) is 11.1. The van der Waals surface area contributed by atoms with E-state index in [1.807, 2.05) is 0 Å². The second-order valence-corrected chi connectivity index (χ2v) is 4.75. The van der Waals surface area contributed by atoms with Crippen LogP contribution >= 0.6 is 11.6 Å². The van der Waals surface area contributed by atoms with Gasteiger partial charge in [0.25, 0.3) is 0 Å². The highest BCUT2D eigenvalue weighted by Crippen LogP contribution is 2.32. The molecule has 106 valence electrons. The number of hydrogen-bond acceptors (Lipinski definition) is 2. The molecule has 1 N–H and O–H groups in total. The Kier molecular flexibility index (Phi) is 4.57. The van der Waals surface area contributed by atoms with Crippen LogP contribution in [0.3, 0.4) is 0 Å². The normalized spacial score (nSPS) is 12.2. The smallest absolute Gasteiger partial charge is 0.126 e. The third-order valence-electron chi connectivity index (χ3n) is 3.01. The fourth-order valence-corrected chi connectivity index (χ4v) is 2.33. The van der Waals surface area contributed by atoms with Crippen molar-refractivity contribution in [3.05, 3.63) is 64.2 Å². The van der Waals surface area contributed by atoms with Gasteiger partial charge in [0.05, 0.1) is 13.2 Å². The molecule has 0 radical (unpaired) electrons. The molecule has 0 aliphatic carbocycles. The molecular formula is C15H14ClF2NO. The number of halogens is 3. The number of ether oxygens (including phenoxy) is 1. The maximum absolute atomic E-state index is 13.4. The average Bonchev–Trinajstić information content (AvgIpc) is 2.40. The average molecular weight is 298 g/mol. The summed E-state index contributed by atoms with van der Waals surface area (Å²) in [7, 11) is 3.23. The summed E-state index contributed by atoms with van der Waals surface area (Å²) in [5, 5.41) is 3.56. The number of nitrogens with one attached hydrogen (secondary N) is 1. The largest absolute Gasteiger partial charge is 0.496 e. The molecule has 0 aliphatic rings. The van der Waals surface area contributed by atoms with Crippen LogP contribution in [0.2, 0.25) is 5.02 Å². The van der Waals surface area contributed by atoms with Crippen LogP contribution in [0, 0.1) is 11.6 Å². The highest BCUT2D eigenvalue weighted by molar-refractivity contribution is 6.30. The van der Waals surface area contributed by atoms with Crippen LogP contribution in [0.1, 0.15) is 17.2 Å².